The lowest BCUT2D eigenvalue weighted by Gasteiger charge is -2.21. The summed E-state index contributed by atoms with van der Waals surface area (Å²) in [7, 11) is 0. The van der Waals surface area contributed by atoms with E-state index in [0.29, 0.717) is 18.7 Å². The van der Waals surface area contributed by atoms with Gasteiger partial charge in [0.05, 0.1) is 5.92 Å². The molecule has 3 rings (SSSR count). The van der Waals surface area contributed by atoms with E-state index >= 15 is 0 Å². The molecule has 2 atom stereocenters. The van der Waals surface area contributed by atoms with Gasteiger partial charge in [-0.3, -0.25) is 4.79 Å². The molecule has 2 unspecified atom stereocenters. The Morgan fingerprint density at radius 1 is 1.35 bits per heavy atom. The van der Waals surface area contributed by atoms with Gasteiger partial charge < -0.3 is 10.4 Å². The zero-order valence-electron chi connectivity index (χ0n) is 13.1. The quantitative estimate of drug-likeness (QED) is 0.717. The van der Waals surface area contributed by atoms with Crippen molar-refractivity contribution in [3.63, 3.8) is 0 Å². The summed E-state index contributed by atoms with van der Waals surface area (Å²) in [4.78, 5) is 11.7. The number of carbonyl (C=O) groups is 1. The number of aromatic amines is 1. The van der Waals surface area contributed by atoms with Crippen molar-refractivity contribution in [2.45, 2.75) is 45.2 Å². The monoisotopic (exact) mass is 315 g/mol. The van der Waals surface area contributed by atoms with Crippen molar-refractivity contribution < 1.29 is 9.90 Å². The Bertz CT molecular complexity index is 671. The van der Waals surface area contributed by atoms with Gasteiger partial charge in [-0.05, 0) is 29.5 Å². The first-order valence-corrected chi connectivity index (χ1v) is 7.96. The third kappa shape index (κ3) is 3.39. The average Bonchev–Trinajstić information content (AvgIpc) is 3.20. The maximum absolute atomic E-state index is 11.7. The third-order valence-corrected chi connectivity index (χ3v) is 4.45. The van der Waals surface area contributed by atoms with E-state index in [1.807, 2.05) is 6.92 Å². The number of tetrazole rings is 1. The summed E-state index contributed by atoms with van der Waals surface area (Å²) < 4.78 is 0. The van der Waals surface area contributed by atoms with Crippen LogP contribution in [0.25, 0.3) is 0 Å². The molecule has 0 amide bonds. The minimum absolute atomic E-state index is 0.279. The zero-order valence-corrected chi connectivity index (χ0v) is 13.1. The molecule has 0 fully saturated rings. The standard InChI is InChI=1S/C16H21N5O2/c1-2-3-13(16(22)23)14(15-18-20-21-19-15)7-10-4-5-11-8-17-9-12(11)6-10/h4-6,13-14,17H,2-3,7-9H2,1H3,(H,22,23)(H,18,19,20,21). The second-order valence-corrected chi connectivity index (χ2v) is 6.02. The molecule has 0 bridgehead atoms. The molecular weight excluding hydrogens is 294 g/mol. The van der Waals surface area contributed by atoms with Crippen molar-refractivity contribution in [3.8, 4) is 0 Å². The Labute approximate surface area is 134 Å². The summed E-state index contributed by atoms with van der Waals surface area (Å²) in [6.45, 7) is 3.76. The summed E-state index contributed by atoms with van der Waals surface area (Å²) in [5.41, 5.74) is 3.72. The van der Waals surface area contributed by atoms with E-state index < -0.39 is 11.9 Å². The molecule has 1 aliphatic rings. The predicted molar refractivity (Wildman–Crippen MR) is 83.6 cm³/mol. The fourth-order valence-electron chi connectivity index (χ4n) is 3.28. The highest BCUT2D eigenvalue weighted by molar-refractivity contribution is 5.71. The van der Waals surface area contributed by atoms with Gasteiger partial charge >= 0.3 is 5.97 Å². The highest BCUT2D eigenvalue weighted by Crippen LogP contribution is 2.30. The molecule has 7 nitrogen and oxygen atoms in total. The molecule has 3 N–H and O–H groups in total. The number of H-pyrrole nitrogens is 1. The maximum Gasteiger partial charge on any atom is 0.307 e. The number of carboxylic acid groups (broad SMARTS) is 1. The minimum atomic E-state index is -0.801. The van der Waals surface area contributed by atoms with E-state index in [9.17, 15) is 9.90 Å². The number of carboxylic acids is 1. The summed E-state index contributed by atoms with van der Waals surface area (Å²) in [5, 5.41) is 27.1. The van der Waals surface area contributed by atoms with Crippen LogP contribution >= 0.6 is 0 Å². The molecule has 0 radical (unpaired) electrons. The molecule has 0 saturated heterocycles. The number of aliphatic carboxylic acids is 1. The van der Waals surface area contributed by atoms with Gasteiger partial charge in [-0.1, -0.05) is 36.8 Å². The molecule has 0 saturated carbocycles. The highest BCUT2D eigenvalue weighted by atomic mass is 16.4. The Kier molecular flexibility index (Phi) is 4.66. The van der Waals surface area contributed by atoms with Crippen LogP contribution in [0, 0.1) is 5.92 Å². The van der Waals surface area contributed by atoms with Crippen LogP contribution in [0.4, 0.5) is 0 Å². The predicted octanol–water partition coefficient (Wildman–Crippen LogP) is 1.63. The number of hydrogen-bond acceptors (Lipinski definition) is 5. The van der Waals surface area contributed by atoms with E-state index in [2.05, 4.69) is 44.1 Å². The minimum Gasteiger partial charge on any atom is -0.481 e. The highest BCUT2D eigenvalue weighted by Gasteiger charge is 2.32. The van der Waals surface area contributed by atoms with Crippen molar-refractivity contribution in [2.75, 3.05) is 0 Å². The largest absolute Gasteiger partial charge is 0.481 e. The van der Waals surface area contributed by atoms with E-state index in [-0.39, 0.29) is 5.92 Å². The van der Waals surface area contributed by atoms with E-state index in [4.69, 9.17) is 0 Å². The maximum atomic E-state index is 11.7. The molecule has 1 aromatic carbocycles. The van der Waals surface area contributed by atoms with Crippen LogP contribution in [-0.2, 0) is 24.3 Å². The van der Waals surface area contributed by atoms with Gasteiger partial charge in [0.15, 0.2) is 5.82 Å². The molecule has 7 heteroatoms. The summed E-state index contributed by atoms with van der Waals surface area (Å²) in [6, 6.07) is 6.35. The number of rotatable bonds is 7. The van der Waals surface area contributed by atoms with Gasteiger partial charge in [0.25, 0.3) is 0 Å². The first-order chi connectivity index (χ1) is 11.2. The smallest absolute Gasteiger partial charge is 0.307 e. The van der Waals surface area contributed by atoms with Crippen LogP contribution in [-0.4, -0.2) is 31.7 Å². The summed E-state index contributed by atoms with van der Waals surface area (Å²) in [5.74, 6) is -1.11. The molecule has 23 heavy (non-hydrogen) atoms. The molecule has 2 heterocycles. The van der Waals surface area contributed by atoms with Crippen molar-refractivity contribution in [1.29, 1.82) is 0 Å². The lowest BCUT2D eigenvalue weighted by atomic mass is 9.83. The fraction of sp³-hybridized carbons (Fsp3) is 0.500. The number of benzene rings is 1. The van der Waals surface area contributed by atoms with Gasteiger partial charge in [-0.2, -0.15) is 5.21 Å². The number of hydrogen-bond donors (Lipinski definition) is 3. The summed E-state index contributed by atoms with van der Waals surface area (Å²) in [6.07, 6.45) is 2.00. The van der Waals surface area contributed by atoms with Crippen LogP contribution in [0.1, 0.15) is 48.2 Å². The van der Waals surface area contributed by atoms with Crippen molar-refractivity contribution in [2.24, 2.45) is 5.92 Å². The van der Waals surface area contributed by atoms with Crippen LogP contribution in [0.2, 0.25) is 0 Å². The Morgan fingerprint density at radius 2 is 2.17 bits per heavy atom. The van der Waals surface area contributed by atoms with Crippen molar-refractivity contribution in [1.82, 2.24) is 25.9 Å². The van der Waals surface area contributed by atoms with E-state index in [1.54, 1.807) is 0 Å². The number of nitrogens with one attached hydrogen (secondary N) is 2. The fourth-order valence-corrected chi connectivity index (χ4v) is 3.28. The van der Waals surface area contributed by atoms with Gasteiger partial charge in [0.2, 0.25) is 0 Å². The van der Waals surface area contributed by atoms with Gasteiger partial charge in [0.1, 0.15) is 0 Å². The number of nitrogens with zero attached hydrogens (tertiary/aromatic N) is 3. The second kappa shape index (κ2) is 6.87. The first kappa shape index (κ1) is 15.6. The first-order valence-electron chi connectivity index (χ1n) is 7.96. The molecule has 0 spiro atoms. The molecule has 122 valence electrons. The van der Waals surface area contributed by atoms with E-state index in [1.165, 1.54) is 11.1 Å². The molecule has 1 aliphatic heterocycles. The van der Waals surface area contributed by atoms with Gasteiger partial charge in [-0.15, -0.1) is 10.2 Å². The molecule has 0 aliphatic carbocycles. The normalized spacial score (nSPS) is 16.0. The van der Waals surface area contributed by atoms with Gasteiger partial charge in [0, 0.05) is 19.0 Å². The SMILES string of the molecule is CCCC(C(=O)O)C(Cc1ccc2c(c1)CNC2)c1nn[nH]n1. The average molecular weight is 315 g/mol. The summed E-state index contributed by atoms with van der Waals surface area (Å²) >= 11 is 0. The Morgan fingerprint density at radius 3 is 2.87 bits per heavy atom. The topological polar surface area (TPSA) is 104 Å². The van der Waals surface area contributed by atoms with Crippen molar-refractivity contribution in [3.05, 3.63) is 40.7 Å². The van der Waals surface area contributed by atoms with Crippen LogP contribution in [0.5, 0.6) is 0 Å². The number of aromatic nitrogens is 4. The zero-order chi connectivity index (χ0) is 16.2. The number of fused-ring (bicyclic) bond motifs is 1. The lowest BCUT2D eigenvalue weighted by molar-refractivity contribution is -0.142. The molecule has 2 aromatic rings. The second-order valence-electron chi connectivity index (χ2n) is 6.02. The lowest BCUT2D eigenvalue weighted by Crippen LogP contribution is -2.25. The van der Waals surface area contributed by atoms with Crippen LogP contribution < -0.4 is 5.32 Å². The third-order valence-electron chi connectivity index (χ3n) is 4.45. The van der Waals surface area contributed by atoms with Crippen LogP contribution in [0.15, 0.2) is 18.2 Å². The van der Waals surface area contributed by atoms with Crippen molar-refractivity contribution >= 4 is 5.97 Å². The van der Waals surface area contributed by atoms with Gasteiger partial charge in [-0.25, -0.2) is 0 Å². The molecular formula is C16H21N5O2. The Hall–Kier alpha value is -2.28. The van der Waals surface area contributed by atoms with E-state index in [0.717, 1.165) is 25.1 Å². The molecule has 1 aromatic heterocycles. The Balaban J connectivity index is 1.88. The van der Waals surface area contributed by atoms with Crippen LogP contribution in [0.3, 0.4) is 0 Å².